The molecule has 2 N–H and O–H groups in total. The number of aromatic hydroxyl groups is 1. The van der Waals surface area contributed by atoms with Crippen LogP contribution in [0.4, 0.5) is 5.69 Å². The molecule has 106 valence electrons. The van der Waals surface area contributed by atoms with E-state index in [1.54, 1.807) is 12.1 Å². The van der Waals surface area contributed by atoms with Gasteiger partial charge >= 0.3 is 0 Å². The third-order valence-corrected chi connectivity index (χ3v) is 3.54. The monoisotopic (exact) mass is 355 g/mol. The Bertz CT molecular complexity index is 604. The number of phenolic OH excluding ortho intramolecular Hbond substituents is 1. The molecule has 0 aromatic heterocycles. The number of halogens is 2. The highest BCUT2D eigenvalue weighted by Crippen LogP contribution is 2.28. The fraction of sp³-hybridized carbons (Fsp3) is 0.200. The van der Waals surface area contributed by atoms with Crippen molar-refractivity contribution >= 4 is 33.2 Å². The topological polar surface area (TPSA) is 41.5 Å². The molecule has 2 rings (SSSR count). The summed E-state index contributed by atoms with van der Waals surface area (Å²) in [5, 5.41) is 13.6. The highest BCUT2D eigenvalue weighted by Gasteiger charge is 2.05. The lowest BCUT2D eigenvalue weighted by Crippen LogP contribution is -2.00. The Morgan fingerprint density at radius 1 is 1.25 bits per heavy atom. The molecule has 0 saturated heterocycles. The number of benzene rings is 2. The fourth-order valence-electron chi connectivity index (χ4n) is 1.78. The molecule has 2 aromatic carbocycles. The second kappa shape index (κ2) is 6.86. The van der Waals surface area contributed by atoms with Crippen molar-refractivity contribution in [2.75, 3.05) is 11.9 Å². The summed E-state index contributed by atoms with van der Waals surface area (Å²) in [6.07, 6.45) is 0. The molecule has 0 aliphatic carbocycles. The van der Waals surface area contributed by atoms with Gasteiger partial charge in [-0.3, -0.25) is 0 Å². The minimum atomic E-state index is 0.262. The summed E-state index contributed by atoms with van der Waals surface area (Å²) in [6, 6.07) is 10.9. The minimum Gasteiger partial charge on any atom is -0.508 e. The summed E-state index contributed by atoms with van der Waals surface area (Å²) in [4.78, 5) is 0. The van der Waals surface area contributed by atoms with E-state index in [4.69, 9.17) is 16.3 Å². The van der Waals surface area contributed by atoms with Gasteiger partial charge in [0.1, 0.15) is 11.5 Å². The third kappa shape index (κ3) is 3.81. The van der Waals surface area contributed by atoms with Gasteiger partial charge in [0, 0.05) is 22.3 Å². The number of phenols is 1. The lowest BCUT2D eigenvalue weighted by molar-refractivity contribution is 0.340. The molecule has 0 heterocycles. The Labute approximate surface area is 131 Å². The van der Waals surface area contributed by atoms with E-state index in [0.29, 0.717) is 23.9 Å². The molecule has 0 saturated carbocycles. The average molecular weight is 357 g/mol. The van der Waals surface area contributed by atoms with Crippen LogP contribution < -0.4 is 10.1 Å². The molecule has 0 aliphatic rings. The zero-order valence-corrected chi connectivity index (χ0v) is 13.3. The van der Waals surface area contributed by atoms with Crippen molar-refractivity contribution in [2.24, 2.45) is 0 Å². The molecule has 0 aliphatic heterocycles. The van der Waals surface area contributed by atoms with Crippen LogP contribution in [0.15, 0.2) is 40.9 Å². The van der Waals surface area contributed by atoms with Crippen LogP contribution in [0.5, 0.6) is 11.5 Å². The highest BCUT2D eigenvalue weighted by atomic mass is 79.9. The van der Waals surface area contributed by atoms with Crippen molar-refractivity contribution < 1.29 is 9.84 Å². The normalized spacial score (nSPS) is 10.3. The van der Waals surface area contributed by atoms with E-state index < -0.39 is 0 Å². The Kier molecular flexibility index (Phi) is 5.15. The summed E-state index contributed by atoms with van der Waals surface area (Å²) >= 11 is 9.51. The molecule has 0 amide bonds. The van der Waals surface area contributed by atoms with Crippen LogP contribution in [0.3, 0.4) is 0 Å². The largest absolute Gasteiger partial charge is 0.508 e. The molecule has 5 heteroatoms. The minimum absolute atomic E-state index is 0.262. The van der Waals surface area contributed by atoms with Crippen molar-refractivity contribution in [2.45, 2.75) is 13.5 Å². The number of ether oxygens (including phenoxy) is 1. The van der Waals surface area contributed by atoms with Crippen molar-refractivity contribution in [3.8, 4) is 11.5 Å². The molecule has 0 unspecified atom stereocenters. The van der Waals surface area contributed by atoms with Gasteiger partial charge in [0.05, 0.1) is 11.6 Å². The van der Waals surface area contributed by atoms with E-state index in [0.717, 1.165) is 15.7 Å². The van der Waals surface area contributed by atoms with E-state index in [2.05, 4.69) is 21.2 Å². The van der Waals surface area contributed by atoms with Gasteiger partial charge in [-0.05, 0) is 43.3 Å². The van der Waals surface area contributed by atoms with Gasteiger partial charge in [0.15, 0.2) is 0 Å². The third-order valence-electron chi connectivity index (χ3n) is 2.76. The second-order valence-corrected chi connectivity index (χ2v) is 5.53. The van der Waals surface area contributed by atoms with Gasteiger partial charge in [-0.1, -0.05) is 27.5 Å². The second-order valence-electron chi connectivity index (χ2n) is 4.20. The van der Waals surface area contributed by atoms with E-state index in [-0.39, 0.29) is 5.75 Å². The smallest absolute Gasteiger partial charge is 0.138 e. The summed E-state index contributed by atoms with van der Waals surface area (Å²) < 4.78 is 6.31. The Morgan fingerprint density at radius 2 is 2.05 bits per heavy atom. The van der Waals surface area contributed by atoms with Crippen LogP contribution in [0.2, 0.25) is 5.02 Å². The van der Waals surface area contributed by atoms with Crippen molar-refractivity contribution in [1.29, 1.82) is 0 Å². The highest BCUT2D eigenvalue weighted by molar-refractivity contribution is 9.10. The number of rotatable bonds is 5. The van der Waals surface area contributed by atoms with E-state index in [1.165, 1.54) is 0 Å². The maximum atomic E-state index is 9.77. The molecular weight excluding hydrogens is 342 g/mol. The fourth-order valence-corrected chi connectivity index (χ4v) is 2.42. The molecule has 0 bridgehead atoms. The Morgan fingerprint density at radius 3 is 2.75 bits per heavy atom. The van der Waals surface area contributed by atoms with Gasteiger partial charge in [0.2, 0.25) is 0 Å². The number of anilines is 1. The molecule has 0 spiro atoms. The first-order chi connectivity index (χ1) is 9.60. The first-order valence-corrected chi connectivity index (χ1v) is 7.41. The Hall–Kier alpha value is -1.39. The molecular formula is C15H15BrClNO2. The molecule has 2 aromatic rings. The molecule has 0 radical (unpaired) electrons. The van der Waals surface area contributed by atoms with Crippen LogP contribution in [0.25, 0.3) is 0 Å². The van der Waals surface area contributed by atoms with Crippen LogP contribution in [-0.2, 0) is 6.54 Å². The predicted molar refractivity (Wildman–Crippen MR) is 85.8 cm³/mol. The van der Waals surface area contributed by atoms with Gasteiger partial charge in [0.25, 0.3) is 0 Å². The predicted octanol–water partition coefficient (Wildman–Crippen LogP) is 4.82. The first kappa shape index (κ1) is 15.0. The SMILES string of the molecule is CCOc1ccc(NCc2cc(Br)ccc2O)cc1Cl. The van der Waals surface area contributed by atoms with Crippen molar-refractivity contribution in [3.05, 3.63) is 51.5 Å². The molecule has 0 fully saturated rings. The van der Waals surface area contributed by atoms with Crippen LogP contribution in [-0.4, -0.2) is 11.7 Å². The van der Waals surface area contributed by atoms with Crippen molar-refractivity contribution in [1.82, 2.24) is 0 Å². The maximum absolute atomic E-state index is 9.77. The van der Waals surface area contributed by atoms with Gasteiger partial charge < -0.3 is 15.2 Å². The first-order valence-electron chi connectivity index (χ1n) is 6.23. The summed E-state index contributed by atoms with van der Waals surface area (Å²) in [7, 11) is 0. The van der Waals surface area contributed by atoms with E-state index in [9.17, 15) is 5.11 Å². The molecule has 3 nitrogen and oxygen atoms in total. The van der Waals surface area contributed by atoms with Crippen LogP contribution >= 0.6 is 27.5 Å². The molecule has 20 heavy (non-hydrogen) atoms. The lowest BCUT2D eigenvalue weighted by Gasteiger charge is -2.11. The van der Waals surface area contributed by atoms with Crippen molar-refractivity contribution in [3.63, 3.8) is 0 Å². The van der Waals surface area contributed by atoms with Gasteiger partial charge in [-0.15, -0.1) is 0 Å². The lowest BCUT2D eigenvalue weighted by atomic mass is 10.2. The maximum Gasteiger partial charge on any atom is 0.138 e. The summed E-state index contributed by atoms with van der Waals surface area (Å²) in [5.41, 5.74) is 1.68. The zero-order chi connectivity index (χ0) is 14.5. The van der Waals surface area contributed by atoms with E-state index >= 15 is 0 Å². The van der Waals surface area contributed by atoms with Crippen LogP contribution in [0.1, 0.15) is 12.5 Å². The number of hydrogen-bond acceptors (Lipinski definition) is 3. The number of nitrogens with one attached hydrogen (secondary N) is 1. The quantitative estimate of drug-likeness (QED) is 0.807. The standard InChI is InChI=1S/C15H15BrClNO2/c1-2-20-15-6-4-12(8-13(15)17)18-9-10-7-11(16)3-5-14(10)19/h3-8,18-19H,2,9H2,1H3. The average Bonchev–Trinajstić information content (AvgIpc) is 2.43. The van der Waals surface area contributed by atoms with E-state index in [1.807, 2.05) is 31.2 Å². The van der Waals surface area contributed by atoms with Gasteiger partial charge in [-0.25, -0.2) is 0 Å². The zero-order valence-electron chi connectivity index (χ0n) is 11.0. The van der Waals surface area contributed by atoms with Gasteiger partial charge in [-0.2, -0.15) is 0 Å². The summed E-state index contributed by atoms with van der Waals surface area (Å²) in [6.45, 7) is 3.01. The Balaban J connectivity index is 2.07. The summed E-state index contributed by atoms with van der Waals surface area (Å²) in [5.74, 6) is 0.933. The number of hydrogen-bond donors (Lipinski definition) is 2. The van der Waals surface area contributed by atoms with Crippen LogP contribution in [0, 0.1) is 0 Å². The molecule has 0 atom stereocenters.